The van der Waals surface area contributed by atoms with Gasteiger partial charge in [0.05, 0.1) is 24.2 Å². The van der Waals surface area contributed by atoms with E-state index in [-0.39, 0.29) is 23.3 Å². The van der Waals surface area contributed by atoms with Crippen molar-refractivity contribution < 1.29 is 23.3 Å². The van der Waals surface area contributed by atoms with Gasteiger partial charge in [0, 0.05) is 42.2 Å². The number of carbonyl (C=O) groups is 2. The fraction of sp³-hybridized carbons (Fsp3) is 0.556. The number of halogens is 1. The first kappa shape index (κ1) is 31.2. The van der Waals surface area contributed by atoms with E-state index in [1.54, 1.807) is 13.2 Å². The van der Waals surface area contributed by atoms with Crippen LogP contribution in [0.1, 0.15) is 78.8 Å². The van der Waals surface area contributed by atoms with Gasteiger partial charge in [-0.2, -0.15) is 0 Å². The van der Waals surface area contributed by atoms with E-state index in [1.807, 2.05) is 18.2 Å². The number of ether oxygens (including phenoxy) is 2. The number of anilines is 1. The molecule has 2 N–H and O–H groups in total. The standard InChI is InChI=1S/C36H43ClN4O5S/c1-45-32-5-3-2-4-14-47(44,40-35(43)38-26-9-10-26)39-34(42)22-7-13-33-31(16-22)41(19-23-6-11-27(23)32)20-36(21-46-33)18-24-15-28(24)29-17-25(37)8-12-30(29)36/h3,5,7-8,12-13,16-17,23-24,26-28,32H,2,4,6,9-11,14-15,18-21H2,1H3,(H2,38,39,40,42,43,44)/b5-3-/t23-,24-,27+,28-,32-,36-,47?/m0/s1. The Balaban J connectivity index is 1.19. The van der Waals surface area contributed by atoms with Gasteiger partial charge in [0.15, 0.2) is 0 Å². The molecule has 6 aliphatic rings. The highest BCUT2D eigenvalue weighted by molar-refractivity contribution is 7.92. The Bertz CT molecular complexity index is 1750. The predicted molar refractivity (Wildman–Crippen MR) is 183 cm³/mol. The molecule has 47 heavy (non-hydrogen) atoms. The van der Waals surface area contributed by atoms with Crippen LogP contribution in [0.15, 0.2) is 52.9 Å². The molecule has 2 heterocycles. The number of nitrogens with one attached hydrogen (secondary N) is 2. The average molecular weight is 679 g/mol. The molecule has 4 aliphatic carbocycles. The van der Waals surface area contributed by atoms with Gasteiger partial charge in [-0.15, -0.1) is 4.36 Å². The summed E-state index contributed by atoms with van der Waals surface area (Å²) in [4.78, 5) is 28.9. The first-order valence-corrected chi connectivity index (χ1v) is 19.2. The number of nitrogens with zero attached hydrogens (tertiary/aromatic N) is 2. The molecule has 2 aliphatic heterocycles. The molecule has 3 amide bonds. The van der Waals surface area contributed by atoms with Gasteiger partial charge in [-0.3, -0.25) is 9.52 Å². The molecular weight excluding hydrogens is 636 g/mol. The minimum Gasteiger partial charge on any atom is -0.490 e. The molecule has 1 unspecified atom stereocenters. The van der Waals surface area contributed by atoms with Crippen LogP contribution in [0.2, 0.25) is 5.02 Å². The van der Waals surface area contributed by atoms with Crippen LogP contribution < -0.4 is 19.7 Å². The number of methoxy groups -OCH3 is 1. The predicted octanol–water partition coefficient (Wildman–Crippen LogP) is 6.36. The van der Waals surface area contributed by atoms with Crippen molar-refractivity contribution in [2.24, 2.45) is 22.1 Å². The van der Waals surface area contributed by atoms with Gasteiger partial charge in [-0.05, 0) is 116 Å². The van der Waals surface area contributed by atoms with E-state index in [1.165, 1.54) is 17.5 Å². The minimum absolute atomic E-state index is 0.0208. The number of carbonyl (C=O) groups excluding carboxylic acids is 2. The molecule has 11 heteroatoms. The molecule has 7 atom stereocenters. The van der Waals surface area contributed by atoms with Crippen LogP contribution in [0.25, 0.3) is 0 Å². The highest BCUT2D eigenvalue weighted by atomic mass is 35.5. The van der Waals surface area contributed by atoms with Crippen LogP contribution in [0.5, 0.6) is 5.75 Å². The Morgan fingerprint density at radius 1 is 1.15 bits per heavy atom. The average Bonchev–Trinajstić information content (AvgIpc) is 3.96. The lowest BCUT2D eigenvalue weighted by molar-refractivity contribution is 0.0131. The maximum Gasteiger partial charge on any atom is 0.327 e. The van der Waals surface area contributed by atoms with E-state index in [0.717, 1.165) is 61.7 Å². The smallest absolute Gasteiger partial charge is 0.327 e. The molecule has 1 spiro atoms. The van der Waals surface area contributed by atoms with Crippen LogP contribution in [0, 0.1) is 17.8 Å². The maximum atomic E-state index is 14.0. The van der Waals surface area contributed by atoms with Gasteiger partial charge >= 0.3 is 6.03 Å². The largest absolute Gasteiger partial charge is 0.490 e. The zero-order valence-electron chi connectivity index (χ0n) is 26.8. The topological polar surface area (TPSA) is 109 Å². The zero-order chi connectivity index (χ0) is 32.3. The molecular formula is C36H43ClN4O5S. The van der Waals surface area contributed by atoms with Crippen molar-refractivity contribution in [1.82, 2.24) is 10.0 Å². The summed E-state index contributed by atoms with van der Waals surface area (Å²) in [6.45, 7) is 2.10. The lowest BCUT2D eigenvalue weighted by Gasteiger charge is -2.46. The lowest BCUT2D eigenvalue weighted by atomic mass is 9.68. The SMILES string of the molecule is CO[C@H]1/C=C\CCCS(=O)(NC(=O)NC2CC2)=NC(=O)c2ccc3c(c2)N(C[C@@H]2CC[C@H]21)C[C@]1(CO3)C[C@@H]2C[C@@H]2c2cc(Cl)ccc21. The number of urea groups is 1. The number of fused-ring (bicyclic) bond motifs is 6. The third-order valence-corrected chi connectivity index (χ3v) is 13.3. The Labute approximate surface area is 282 Å². The molecule has 2 bridgehead atoms. The number of allylic oxidation sites excluding steroid dienone is 1. The zero-order valence-corrected chi connectivity index (χ0v) is 28.4. The van der Waals surface area contributed by atoms with Crippen LogP contribution in [-0.2, 0) is 20.1 Å². The molecule has 2 aromatic rings. The Morgan fingerprint density at radius 2 is 2.02 bits per heavy atom. The summed E-state index contributed by atoms with van der Waals surface area (Å²) in [6.07, 6.45) is 11.6. The van der Waals surface area contributed by atoms with Gasteiger partial charge in [0.25, 0.3) is 5.91 Å². The number of hydrogen-bond donors (Lipinski definition) is 2. The van der Waals surface area contributed by atoms with Crippen molar-refractivity contribution in [2.45, 2.75) is 74.8 Å². The van der Waals surface area contributed by atoms with Crippen LogP contribution in [0.4, 0.5) is 10.5 Å². The number of amides is 3. The molecule has 0 radical (unpaired) electrons. The molecule has 250 valence electrons. The van der Waals surface area contributed by atoms with Crippen LogP contribution in [-0.4, -0.2) is 60.9 Å². The second-order valence-electron chi connectivity index (χ2n) is 14.5. The first-order chi connectivity index (χ1) is 22.7. The molecule has 0 aromatic heterocycles. The van der Waals surface area contributed by atoms with E-state index in [0.29, 0.717) is 48.7 Å². The second-order valence-corrected chi connectivity index (χ2v) is 17.0. The van der Waals surface area contributed by atoms with Crippen molar-refractivity contribution in [2.75, 3.05) is 37.5 Å². The summed E-state index contributed by atoms with van der Waals surface area (Å²) in [5.74, 6) is 2.16. The summed E-state index contributed by atoms with van der Waals surface area (Å²) in [5, 5.41) is 3.59. The van der Waals surface area contributed by atoms with Crippen molar-refractivity contribution in [3.63, 3.8) is 0 Å². The summed E-state index contributed by atoms with van der Waals surface area (Å²) in [6, 6.07) is 11.3. The molecule has 8 rings (SSSR count). The van der Waals surface area contributed by atoms with E-state index in [2.05, 4.69) is 43.6 Å². The molecule has 9 nitrogen and oxygen atoms in total. The second kappa shape index (κ2) is 12.1. The normalized spacial score (nSPS) is 35.1. The summed E-state index contributed by atoms with van der Waals surface area (Å²) >= 11 is 6.52. The van der Waals surface area contributed by atoms with E-state index in [4.69, 9.17) is 21.1 Å². The Morgan fingerprint density at radius 3 is 2.81 bits per heavy atom. The van der Waals surface area contributed by atoms with E-state index < -0.39 is 21.9 Å². The van der Waals surface area contributed by atoms with Crippen molar-refractivity contribution in [3.8, 4) is 5.75 Å². The van der Waals surface area contributed by atoms with Gasteiger partial charge in [0.2, 0.25) is 0 Å². The quantitative estimate of drug-likeness (QED) is 0.366. The number of benzene rings is 2. The maximum absolute atomic E-state index is 14.0. The fourth-order valence-electron chi connectivity index (χ4n) is 8.42. The third kappa shape index (κ3) is 6.17. The number of hydrogen-bond acceptors (Lipinski definition) is 6. The third-order valence-electron chi connectivity index (χ3n) is 11.2. The molecule has 3 saturated carbocycles. The van der Waals surface area contributed by atoms with Gasteiger partial charge in [-0.25, -0.2) is 9.00 Å². The molecule has 2 aromatic carbocycles. The Kier molecular flexibility index (Phi) is 8.04. The van der Waals surface area contributed by atoms with Crippen molar-refractivity contribution in [1.29, 1.82) is 0 Å². The number of rotatable bonds is 3. The van der Waals surface area contributed by atoms with Crippen LogP contribution in [0.3, 0.4) is 0 Å². The van der Waals surface area contributed by atoms with E-state index >= 15 is 0 Å². The lowest BCUT2D eigenvalue weighted by Crippen LogP contribution is -2.49. The highest BCUT2D eigenvalue weighted by Gasteiger charge is 2.54. The summed E-state index contributed by atoms with van der Waals surface area (Å²) in [7, 11) is -1.60. The molecule has 0 saturated heterocycles. The van der Waals surface area contributed by atoms with Gasteiger partial charge < -0.3 is 19.7 Å². The summed E-state index contributed by atoms with van der Waals surface area (Å²) in [5.41, 5.74) is 3.63. The van der Waals surface area contributed by atoms with Gasteiger partial charge in [-0.1, -0.05) is 29.8 Å². The minimum atomic E-state index is -3.37. The van der Waals surface area contributed by atoms with Gasteiger partial charge in [0.1, 0.15) is 15.7 Å². The van der Waals surface area contributed by atoms with Crippen LogP contribution >= 0.6 is 11.6 Å². The first-order valence-electron chi connectivity index (χ1n) is 17.1. The highest BCUT2D eigenvalue weighted by Crippen LogP contribution is 2.61. The van der Waals surface area contributed by atoms with Crippen molar-refractivity contribution >= 4 is 39.1 Å². The monoisotopic (exact) mass is 678 g/mol. The fourth-order valence-corrected chi connectivity index (χ4v) is 10.1. The van der Waals surface area contributed by atoms with E-state index in [9.17, 15) is 13.8 Å². The van der Waals surface area contributed by atoms with Crippen molar-refractivity contribution in [3.05, 3.63) is 70.3 Å². The Hall–Kier alpha value is -3.08. The molecule has 3 fully saturated rings. The summed E-state index contributed by atoms with van der Waals surface area (Å²) < 4.78 is 33.5.